The topological polar surface area (TPSA) is 151 Å². The number of benzene rings is 1. The van der Waals surface area contributed by atoms with E-state index in [1.807, 2.05) is 19.1 Å². The van der Waals surface area contributed by atoms with Gasteiger partial charge in [-0.3, -0.25) is 19.2 Å². The van der Waals surface area contributed by atoms with Crippen molar-refractivity contribution in [2.24, 2.45) is 5.10 Å². The first-order valence-electron chi connectivity index (χ1n) is 9.73. The molecule has 0 saturated carbocycles. The predicted octanol–water partition coefficient (Wildman–Crippen LogP) is 0.446. The molecule has 2 rings (SSSR count). The number of carbonyl (C=O) groups excluding carboxylic acids is 4. The van der Waals surface area contributed by atoms with Crippen LogP contribution >= 0.6 is 0 Å². The molecule has 170 valence electrons. The van der Waals surface area contributed by atoms with Crippen LogP contribution in [0.15, 0.2) is 45.9 Å². The van der Waals surface area contributed by atoms with Crippen molar-refractivity contribution < 1.29 is 28.3 Å². The average molecular weight is 443 g/mol. The lowest BCUT2D eigenvalue weighted by Crippen LogP contribution is -2.38. The van der Waals surface area contributed by atoms with Gasteiger partial charge in [-0.2, -0.15) is 5.10 Å². The van der Waals surface area contributed by atoms with Gasteiger partial charge in [-0.15, -0.1) is 0 Å². The normalized spacial score (nSPS) is 10.6. The SMILES string of the molecule is COCCCNC(=O)C(=O)N/N=C/c1ccc(CNC(=O)C(=O)Nc2ccc(C)cc2)o1. The number of hydrogen-bond acceptors (Lipinski definition) is 7. The van der Waals surface area contributed by atoms with Crippen LogP contribution in [-0.4, -0.2) is 50.1 Å². The van der Waals surface area contributed by atoms with Crippen molar-refractivity contribution in [1.29, 1.82) is 0 Å². The van der Waals surface area contributed by atoms with E-state index in [1.165, 1.54) is 6.21 Å². The second-order valence-electron chi connectivity index (χ2n) is 6.61. The number of rotatable bonds is 9. The lowest BCUT2D eigenvalue weighted by molar-refractivity contribution is -0.139. The molecule has 0 aliphatic heterocycles. The Bertz CT molecular complexity index is 967. The van der Waals surface area contributed by atoms with Gasteiger partial charge in [0.2, 0.25) is 0 Å². The fourth-order valence-corrected chi connectivity index (χ4v) is 2.34. The number of nitrogens with one attached hydrogen (secondary N) is 4. The molecular weight excluding hydrogens is 418 g/mol. The van der Waals surface area contributed by atoms with Crippen LogP contribution in [0.5, 0.6) is 0 Å². The minimum absolute atomic E-state index is 0.0236. The van der Waals surface area contributed by atoms with Gasteiger partial charge >= 0.3 is 23.6 Å². The fourth-order valence-electron chi connectivity index (χ4n) is 2.34. The maximum Gasteiger partial charge on any atom is 0.329 e. The van der Waals surface area contributed by atoms with E-state index in [1.54, 1.807) is 31.4 Å². The van der Waals surface area contributed by atoms with Crippen molar-refractivity contribution >= 4 is 35.5 Å². The lowest BCUT2D eigenvalue weighted by Gasteiger charge is -2.05. The summed E-state index contributed by atoms with van der Waals surface area (Å²) in [5.74, 6) is -2.71. The van der Waals surface area contributed by atoms with E-state index in [4.69, 9.17) is 9.15 Å². The highest BCUT2D eigenvalue weighted by Crippen LogP contribution is 2.08. The summed E-state index contributed by atoms with van der Waals surface area (Å²) in [7, 11) is 1.54. The third-order valence-corrected chi connectivity index (χ3v) is 4.00. The summed E-state index contributed by atoms with van der Waals surface area (Å²) in [6, 6.07) is 10.2. The van der Waals surface area contributed by atoms with Gasteiger partial charge in [0.25, 0.3) is 0 Å². The molecule has 1 aromatic carbocycles. The molecule has 11 nitrogen and oxygen atoms in total. The third-order valence-electron chi connectivity index (χ3n) is 4.00. The molecule has 0 fully saturated rings. The molecule has 4 amide bonds. The van der Waals surface area contributed by atoms with E-state index in [0.29, 0.717) is 31.0 Å². The number of furan rings is 1. The van der Waals surface area contributed by atoms with Gasteiger partial charge in [-0.1, -0.05) is 17.7 Å². The third kappa shape index (κ3) is 8.40. The number of carbonyl (C=O) groups is 4. The molecule has 0 radical (unpaired) electrons. The van der Waals surface area contributed by atoms with Crippen molar-refractivity contribution in [2.45, 2.75) is 19.9 Å². The maximum absolute atomic E-state index is 11.9. The summed E-state index contributed by atoms with van der Waals surface area (Å²) in [5, 5.41) is 11.0. The summed E-state index contributed by atoms with van der Waals surface area (Å²) in [6.07, 6.45) is 1.78. The molecule has 0 aliphatic rings. The van der Waals surface area contributed by atoms with Gasteiger partial charge in [-0.05, 0) is 37.6 Å². The lowest BCUT2D eigenvalue weighted by atomic mass is 10.2. The Morgan fingerprint density at radius 1 is 0.969 bits per heavy atom. The Kier molecular flexibility index (Phi) is 9.60. The Labute approximate surface area is 184 Å². The molecule has 0 saturated heterocycles. The van der Waals surface area contributed by atoms with E-state index in [-0.39, 0.29) is 12.3 Å². The average Bonchev–Trinajstić information content (AvgIpc) is 3.24. The molecule has 0 atom stereocenters. The Hall–Kier alpha value is -3.99. The highest BCUT2D eigenvalue weighted by Gasteiger charge is 2.14. The van der Waals surface area contributed by atoms with Crippen molar-refractivity contribution in [3.63, 3.8) is 0 Å². The van der Waals surface area contributed by atoms with E-state index < -0.39 is 23.6 Å². The molecule has 0 unspecified atom stereocenters. The van der Waals surface area contributed by atoms with Crippen molar-refractivity contribution in [1.82, 2.24) is 16.1 Å². The van der Waals surface area contributed by atoms with Crippen LogP contribution in [0.4, 0.5) is 5.69 Å². The number of hydrogen-bond donors (Lipinski definition) is 4. The number of anilines is 1. The Morgan fingerprint density at radius 2 is 1.69 bits per heavy atom. The zero-order valence-electron chi connectivity index (χ0n) is 17.8. The first-order chi connectivity index (χ1) is 15.4. The Morgan fingerprint density at radius 3 is 2.41 bits per heavy atom. The molecule has 1 aromatic heterocycles. The quantitative estimate of drug-likeness (QED) is 0.191. The van der Waals surface area contributed by atoms with Crippen molar-refractivity contribution in [3.05, 3.63) is 53.5 Å². The monoisotopic (exact) mass is 443 g/mol. The summed E-state index contributed by atoms with van der Waals surface area (Å²) in [4.78, 5) is 47.0. The van der Waals surface area contributed by atoms with Crippen LogP contribution in [0.25, 0.3) is 0 Å². The number of amides is 4. The highest BCUT2D eigenvalue weighted by molar-refractivity contribution is 6.39. The van der Waals surface area contributed by atoms with Gasteiger partial charge in [0.15, 0.2) is 0 Å². The summed E-state index contributed by atoms with van der Waals surface area (Å²) in [6.45, 7) is 2.67. The van der Waals surface area contributed by atoms with Gasteiger partial charge in [-0.25, -0.2) is 5.43 Å². The number of nitrogens with zero attached hydrogens (tertiary/aromatic N) is 1. The minimum Gasteiger partial charge on any atom is -0.458 e. The molecule has 4 N–H and O–H groups in total. The van der Waals surface area contributed by atoms with Crippen LogP contribution in [0.3, 0.4) is 0 Å². The maximum atomic E-state index is 11.9. The summed E-state index contributed by atoms with van der Waals surface area (Å²) in [5.41, 5.74) is 3.62. The van der Waals surface area contributed by atoms with Gasteiger partial charge < -0.3 is 25.1 Å². The van der Waals surface area contributed by atoms with E-state index in [0.717, 1.165) is 5.56 Å². The van der Waals surface area contributed by atoms with Gasteiger partial charge in [0, 0.05) is 25.9 Å². The number of methoxy groups -OCH3 is 1. The molecule has 0 aliphatic carbocycles. The predicted molar refractivity (Wildman–Crippen MR) is 116 cm³/mol. The second kappa shape index (κ2) is 12.6. The van der Waals surface area contributed by atoms with Crippen LogP contribution in [0, 0.1) is 6.92 Å². The van der Waals surface area contributed by atoms with Crippen LogP contribution in [0.2, 0.25) is 0 Å². The van der Waals surface area contributed by atoms with E-state index in [2.05, 4.69) is 26.5 Å². The van der Waals surface area contributed by atoms with E-state index in [9.17, 15) is 19.2 Å². The molecule has 0 bridgehead atoms. The largest absolute Gasteiger partial charge is 0.458 e. The van der Waals surface area contributed by atoms with Gasteiger partial charge in [0.1, 0.15) is 11.5 Å². The fraction of sp³-hybridized carbons (Fsp3) is 0.286. The summed E-state index contributed by atoms with van der Waals surface area (Å²) >= 11 is 0. The highest BCUT2D eigenvalue weighted by atomic mass is 16.5. The van der Waals surface area contributed by atoms with Crippen molar-refractivity contribution in [2.75, 3.05) is 25.6 Å². The zero-order valence-corrected chi connectivity index (χ0v) is 17.8. The molecule has 1 heterocycles. The van der Waals surface area contributed by atoms with Crippen LogP contribution in [0.1, 0.15) is 23.5 Å². The molecule has 2 aromatic rings. The minimum atomic E-state index is -0.919. The molecular formula is C21H25N5O6. The number of ether oxygens (including phenoxy) is 1. The van der Waals surface area contributed by atoms with Crippen LogP contribution < -0.4 is 21.4 Å². The standard InChI is InChI=1S/C21H25N5O6/c1-14-4-6-15(7-5-14)25-20(29)18(27)23-12-16-8-9-17(32-16)13-24-26-21(30)19(28)22-10-3-11-31-2/h4-9,13H,3,10-12H2,1-2H3,(H,22,28)(H,23,27)(H,25,29)(H,26,30)/b24-13+. The smallest absolute Gasteiger partial charge is 0.329 e. The van der Waals surface area contributed by atoms with E-state index >= 15 is 0 Å². The Balaban J connectivity index is 1.73. The first kappa shape index (κ1) is 24.3. The number of hydrazone groups is 1. The zero-order chi connectivity index (χ0) is 23.3. The molecule has 11 heteroatoms. The molecule has 32 heavy (non-hydrogen) atoms. The number of aryl methyl sites for hydroxylation is 1. The van der Waals surface area contributed by atoms with Gasteiger partial charge in [0.05, 0.1) is 12.8 Å². The molecule has 0 spiro atoms. The second-order valence-corrected chi connectivity index (χ2v) is 6.61. The van der Waals surface area contributed by atoms with Crippen molar-refractivity contribution in [3.8, 4) is 0 Å². The first-order valence-corrected chi connectivity index (χ1v) is 9.73. The summed E-state index contributed by atoms with van der Waals surface area (Å²) < 4.78 is 10.3. The van der Waals surface area contributed by atoms with Crippen LogP contribution in [-0.2, 0) is 30.5 Å².